The van der Waals surface area contributed by atoms with Crippen molar-refractivity contribution in [2.75, 3.05) is 40.2 Å². The van der Waals surface area contributed by atoms with Gasteiger partial charge in [0.2, 0.25) is 0 Å². The van der Waals surface area contributed by atoms with Crippen LogP contribution in [0.1, 0.15) is 111 Å². The highest BCUT2D eigenvalue weighted by atomic mass is 32.2. The number of methoxy groups -OCH3 is 1. The van der Waals surface area contributed by atoms with Gasteiger partial charge < -0.3 is 48.3 Å². The van der Waals surface area contributed by atoms with Gasteiger partial charge in [0.1, 0.15) is 42.7 Å². The molecule has 0 aliphatic carbocycles. The number of Topliss-reactive ketones (excluding diaryl/α,β-unsaturated/α-hetero) is 2. The Morgan fingerprint density at radius 2 is 1.70 bits per heavy atom. The topological polar surface area (TPSA) is 257 Å². The fourth-order valence-corrected chi connectivity index (χ4v) is 12.5. The molecule has 23 heteroatoms. The van der Waals surface area contributed by atoms with E-state index in [2.05, 4.69) is 20.3 Å². The zero-order valence-electron chi connectivity index (χ0n) is 47.2. The molecule has 0 radical (unpaired) electrons. The van der Waals surface area contributed by atoms with Gasteiger partial charge in [-0.1, -0.05) is 45.0 Å². The number of benzene rings is 1. The monoisotopic (exact) mass is 1120 g/mol. The number of pyridine rings is 1. The summed E-state index contributed by atoms with van der Waals surface area (Å²) in [6.07, 6.45) is 4.63. The molecule has 434 valence electrons. The molecule has 3 saturated heterocycles. The number of imidazole rings is 1. The second kappa shape index (κ2) is 25.5. The molecule has 0 spiro atoms. The molecule has 0 bridgehead atoms. The van der Waals surface area contributed by atoms with Gasteiger partial charge in [0.05, 0.1) is 46.5 Å². The molecule has 3 fully saturated rings. The number of likely N-dealkylation sites (N-methyl/N-ethyl adjacent to an activating group) is 1. The molecular formula is C56H79FN8O13S. The van der Waals surface area contributed by atoms with E-state index >= 15 is 0 Å². The molecule has 0 unspecified atom stereocenters. The molecule has 7 rings (SSSR count). The third-order valence-electron chi connectivity index (χ3n) is 16.5. The van der Waals surface area contributed by atoms with E-state index in [1.807, 2.05) is 41.8 Å². The number of aromatic nitrogens is 6. The van der Waals surface area contributed by atoms with Gasteiger partial charge in [-0.25, -0.2) is 27.3 Å². The van der Waals surface area contributed by atoms with Crippen LogP contribution >= 0.6 is 0 Å². The quantitative estimate of drug-likeness (QED) is 0.0641. The number of nitrogens with zero attached hydrogens (tertiary/aromatic N) is 8. The predicted octanol–water partition coefficient (Wildman–Crippen LogP) is 5.78. The Morgan fingerprint density at radius 3 is 2.34 bits per heavy atom. The van der Waals surface area contributed by atoms with Crippen LogP contribution in [-0.2, 0) is 60.9 Å². The van der Waals surface area contributed by atoms with Crippen molar-refractivity contribution < 1.29 is 65.9 Å². The number of aliphatic hydroxyl groups excluding tert-OH is 2. The molecular weight excluding hydrogens is 1040 g/mol. The number of carbonyl (C=O) groups is 4. The van der Waals surface area contributed by atoms with Gasteiger partial charge in [-0.15, -0.1) is 5.10 Å². The zero-order chi connectivity index (χ0) is 57.7. The van der Waals surface area contributed by atoms with Crippen molar-refractivity contribution in [2.24, 2.45) is 23.7 Å². The van der Waals surface area contributed by atoms with Crippen molar-refractivity contribution in [1.29, 1.82) is 0 Å². The van der Waals surface area contributed by atoms with Crippen molar-refractivity contribution in [3.8, 4) is 11.3 Å². The Hall–Kier alpha value is -5.56. The first-order chi connectivity index (χ1) is 37.3. The number of alkyl halides is 1. The first-order valence-corrected chi connectivity index (χ1v) is 29.1. The van der Waals surface area contributed by atoms with Crippen LogP contribution in [0.15, 0.2) is 72.4 Å². The molecule has 3 aliphatic rings. The highest BCUT2D eigenvalue weighted by Gasteiger charge is 2.60. The van der Waals surface area contributed by atoms with Crippen molar-refractivity contribution in [2.45, 2.75) is 171 Å². The van der Waals surface area contributed by atoms with E-state index in [1.165, 1.54) is 49.2 Å². The van der Waals surface area contributed by atoms with E-state index in [0.29, 0.717) is 50.0 Å². The second-order valence-electron chi connectivity index (χ2n) is 22.3. The summed E-state index contributed by atoms with van der Waals surface area (Å²) >= 11 is 0. The fourth-order valence-electron chi connectivity index (χ4n) is 11.8. The summed E-state index contributed by atoms with van der Waals surface area (Å²) in [6.45, 7) is 13.9. The maximum Gasteiger partial charge on any atom is 0.410 e. The van der Waals surface area contributed by atoms with E-state index in [1.54, 1.807) is 65.2 Å². The van der Waals surface area contributed by atoms with Gasteiger partial charge in [0.25, 0.3) is 0 Å². The molecule has 1 amide bonds. The van der Waals surface area contributed by atoms with Crippen LogP contribution < -0.4 is 0 Å². The molecule has 4 aromatic rings. The minimum Gasteiger partial charge on any atom is -0.458 e. The Labute approximate surface area is 462 Å². The standard InChI is InChI=1S/C56H79FN8O13S/c1-12-45-56(8)50(64(54(71)78-56)24-14-13-23-63-31-42(59-32-63)39-16-15-22-58-29-39)35(4)46(66)33(2)27-55(7,74-10)51(36(5)47(67)37(6)52(70)76-45)77-53-49(69)43(26-34(3)75-53)62(9)25-21-40-30-65(61-60-40)44(28-57)48(68)38-17-19-41(20-18-38)79(11,72)73/h15-20,22,29-37,43-45,48-51,53,68-69H,12-14,21,23-28H2,1-11H3/t33-,34-,35+,36+,37-,43+,44-,45-,48-,49-,50-,51-,53+,55-,56-/m1/s1. The Bertz CT molecular complexity index is 2840. The third kappa shape index (κ3) is 13.5. The van der Waals surface area contributed by atoms with Crippen LogP contribution in [0.4, 0.5) is 9.18 Å². The number of halogens is 1. The van der Waals surface area contributed by atoms with Crippen LogP contribution in [-0.4, -0.2) is 176 Å². The second-order valence-corrected chi connectivity index (χ2v) is 24.3. The number of aliphatic hydroxyl groups is 2. The maximum absolute atomic E-state index is 15.0. The Kier molecular flexibility index (Phi) is 19.7. The van der Waals surface area contributed by atoms with Crippen LogP contribution in [0, 0.1) is 23.7 Å². The number of aryl methyl sites for hydroxylation is 1. The summed E-state index contributed by atoms with van der Waals surface area (Å²) in [7, 11) is -0.209. The van der Waals surface area contributed by atoms with Crippen molar-refractivity contribution >= 4 is 33.5 Å². The van der Waals surface area contributed by atoms with E-state index < -0.39 is 124 Å². The summed E-state index contributed by atoms with van der Waals surface area (Å²) in [5.41, 5.74) is -0.411. The molecule has 1 aromatic carbocycles. The summed E-state index contributed by atoms with van der Waals surface area (Å²) in [5.74, 6) is -5.56. The number of rotatable bonds is 19. The van der Waals surface area contributed by atoms with Gasteiger partial charge >= 0.3 is 12.1 Å². The van der Waals surface area contributed by atoms with E-state index in [0.717, 1.165) is 17.5 Å². The summed E-state index contributed by atoms with van der Waals surface area (Å²) in [5, 5.41) is 31.6. The number of ketones is 2. The third-order valence-corrected chi connectivity index (χ3v) is 17.6. The van der Waals surface area contributed by atoms with Gasteiger partial charge in [0, 0.05) is 93.6 Å². The molecule has 21 nitrogen and oxygen atoms in total. The molecule has 3 aliphatic heterocycles. The van der Waals surface area contributed by atoms with Gasteiger partial charge in [-0.2, -0.15) is 0 Å². The smallest absolute Gasteiger partial charge is 0.410 e. The fraction of sp³-hybridized carbons (Fsp3) is 0.643. The number of fused-ring (bicyclic) bond motifs is 1. The first kappa shape index (κ1) is 61.1. The average molecular weight is 1120 g/mol. The molecule has 6 heterocycles. The number of ether oxygens (including phenoxy) is 5. The number of amides is 1. The zero-order valence-corrected chi connectivity index (χ0v) is 48.0. The van der Waals surface area contributed by atoms with Crippen LogP contribution in [0.2, 0.25) is 0 Å². The van der Waals surface area contributed by atoms with E-state index in [9.17, 15) is 42.2 Å². The summed E-state index contributed by atoms with van der Waals surface area (Å²) < 4.78 is 73.4. The lowest BCUT2D eigenvalue weighted by molar-refractivity contribution is -0.296. The number of sulfone groups is 1. The number of hydrogen-bond donors (Lipinski definition) is 2. The van der Waals surface area contributed by atoms with Crippen molar-refractivity contribution in [3.05, 3.63) is 78.8 Å². The predicted molar refractivity (Wildman–Crippen MR) is 286 cm³/mol. The van der Waals surface area contributed by atoms with Crippen LogP contribution in [0.3, 0.4) is 0 Å². The summed E-state index contributed by atoms with van der Waals surface area (Å²) in [6, 6.07) is 6.78. The number of hydrogen-bond acceptors (Lipinski definition) is 18. The number of carbonyl (C=O) groups excluding carboxylic acids is 4. The van der Waals surface area contributed by atoms with E-state index in [-0.39, 0.29) is 30.1 Å². The van der Waals surface area contributed by atoms with Gasteiger partial charge in [0.15, 0.2) is 27.5 Å². The Balaban J connectivity index is 1.07. The van der Waals surface area contributed by atoms with Crippen molar-refractivity contribution in [1.82, 2.24) is 39.3 Å². The highest BCUT2D eigenvalue weighted by Crippen LogP contribution is 2.43. The molecule has 79 heavy (non-hydrogen) atoms. The van der Waals surface area contributed by atoms with Crippen LogP contribution in [0.5, 0.6) is 0 Å². The molecule has 2 N–H and O–H groups in total. The van der Waals surface area contributed by atoms with E-state index in [4.69, 9.17) is 23.7 Å². The highest BCUT2D eigenvalue weighted by molar-refractivity contribution is 7.90. The van der Waals surface area contributed by atoms with Gasteiger partial charge in [-0.3, -0.25) is 19.4 Å². The molecule has 0 saturated carbocycles. The molecule has 15 atom stereocenters. The first-order valence-electron chi connectivity index (χ1n) is 27.2. The summed E-state index contributed by atoms with van der Waals surface area (Å²) in [4.78, 5) is 70.2. The van der Waals surface area contributed by atoms with Crippen molar-refractivity contribution in [3.63, 3.8) is 0 Å². The maximum atomic E-state index is 15.0. The lowest BCUT2D eigenvalue weighted by atomic mass is 9.73. The largest absolute Gasteiger partial charge is 0.458 e. The van der Waals surface area contributed by atoms with Gasteiger partial charge in [-0.05, 0) is 96.7 Å². The number of cyclic esters (lactones) is 1. The lowest BCUT2D eigenvalue weighted by Gasteiger charge is -2.47. The lowest BCUT2D eigenvalue weighted by Crippen LogP contribution is -2.60. The minimum absolute atomic E-state index is 0.0350. The normalized spacial score (nSPS) is 31.1. The SMILES string of the molecule is CC[C@H]1OC(=O)[C@H](C)C(=O)[C@H](C)[C@@H](O[C@@H]2O[C@H](C)C[C@H](N(C)CCc3cn([C@H](CF)[C@H](O)c4ccc(S(C)(=O)=O)cc4)nn3)[C@H]2O)[C@](C)(OC)C[C@@H](C)C(=O)[C@H](C)[C@H]2N(CCCCn3cnc(-c4cccnc4)c3)C(=O)O[C@]12C. The molecule has 3 aromatic heterocycles. The minimum atomic E-state index is -3.48. The average Bonchev–Trinajstić information content (AvgIpc) is 4.35. The Morgan fingerprint density at radius 1 is 0.987 bits per heavy atom. The number of unbranched alkanes of at least 4 members (excludes halogenated alkanes) is 1. The van der Waals surface area contributed by atoms with Crippen LogP contribution in [0.25, 0.3) is 11.3 Å². The number of esters is 1.